The zero-order chi connectivity index (χ0) is 15.0. The highest BCUT2D eigenvalue weighted by Gasteiger charge is 2.23. The van der Waals surface area contributed by atoms with Gasteiger partial charge in [-0.05, 0) is 55.4 Å². The van der Waals surface area contributed by atoms with Crippen molar-refractivity contribution in [3.05, 3.63) is 34.5 Å². The van der Waals surface area contributed by atoms with Gasteiger partial charge in [0.1, 0.15) is 5.75 Å². The average Bonchev–Trinajstić information content (AvgIpc) is 2.96. The molecule has 110 valence electrons. The van der Waals surface area contributed by atoms with E-state index >= 15 is 0 Å². The summed E-state index contributed by atoms with van der Waals surface area (Å²) in [4.78, 5) is 11.0. The van der Waals surface area contributed by atoms with Crippen LogP contribution in [0.1, 0.15) is 40.0 Å². The topological polar surface area (TPSA) is 72.6 Å². The highest BCUT2D eigenvalue weighted by Crippen LogP contribution is 2.39. The van der Waals surface area contributed by atoms with Crippen molar-refractivity contribution in [3.8, 4) is 17.1 Å². The number of aryl methyl sites for hydroxylation is 1. The molecule has 0 saturated carbocycles. The molecule has 1 aromatic heterocycles. The molecule has 0 spiro atoms. The van der Waals surface area contributed by atoms with E-state index < -0.39 is 5.97 Å². The quantitative estimate of drug-likeness (QED) is 0.938. The fourth-order valence-corrected chi connectivity index (χ4v) is 3.04. The lowest BCUT2D eigenvalue weighted by Crippen LogP contribution is -2.07. The number of fused-ring (bicyclic) bond motifs is 1. The molecule has 0 unspecified atom stereocenters. The van der Waals surface area contributed by atoms with E-state index in [4.69, 9.17) is 14.4 Å². The van der Waals surface area contributed by atoms with Crippen molar-refractivity contribution >= 4 is 5.97 Å². The van der Waals surface area contributed by atoms with Crippen LogP contribution in [0, 0.1) is 6.92 Å². The van der Waals surface area contributed by atoms with Gasteiger partial charge in [-0.25, -0.2) is 4.79 Å². The fraction of sp³-hybridized carbons (Fsp3) is 0.375. The van der Waals surface area contributed by atoms with E-state index in [1.807, 2.05) is 13.0 Å². The molecule has 0 atom stereocenters. The second-order valence-electron chi connectivity index (χ2n) is 5.31. The molecule has 1 aromatic carbocycles. The van der Waals surface area contributed by atoms with Gasteiger partial charge in [-0.1, -0.05) is 5.16 Å². The molecule has 0 bridgehead atoms. The Hall–Kier alpha value is -2.30. The number of hydrogen-bond donors (Lipinski definition) is 1. The van der Waals surface area contributed by atoms with Crippen LogP contribution in [0.25, 0.3) is 11.3 Å². The van der Waals surface area contributed by atoms with Gasteiger partial charge in [0.15, 0.2) is 11.5 Å². The van der Waals surface area contributed by atoms with E-state index in [1.54, 1.807) is 7.11 Å². The maximum Gasteiger partial charge on any atom is 0.358 e. The first-order valence-electron chi connectivity index (χ1n) is 7.01. The van der Waals surface area contributed by atoms with Gasteiger partial charge >= 0.3 is 5.97 Å². The van der Waals surface area contributed by atoms with Crippen LogP contribution in [0.3, 0.4) is 0 Å². The standard InChI is InChI=1S/C16H17NO4/c1-9-11-6-4-3-5-10(11)7-13(20-2)15(9)14-8-12(16(18)19)17-21-14/h7-8H,3-6H2,1-2H3,(H,18,19). The summed E-state index contributed by atoms with van der Waals surface area (Å²) in [7, 11) is 1.61. The first-order valence-corrected chi connectivity index (χ1v) is 7.01. The van der Waals surface area contributed by atoms with Crippen molar-refractivity contribution in [2.24, 2.45) is 0 Å². The molecule has 5 nitrogen and oxygen atoms in total. The maximum absolute atomic E-state index is 11.0. The van der Waals surface area contributed by atoms with Gasteiger partial charge in [0.2, 0.25) is 0 Å². The highest BCUT2D eigenvalue weighted by atomic mass is 16.5. The van der Waals surface area contributed by atoms with Crippen molar-refractivity contribution in [1.82, 2.24) is 5.16 Å². The zero-order valence-corrected chi connectivity index (χ0v) is 12.1. The van der Waals surface area contributed by atoms with Gasteiger partial charge in [0.05, 0.1) is 12.7 Å². The number of methoxy groups -OCH3 is 1. The summed E-state index contributed by atoms with van der Waals surface area (Å²) in [6.45, 7) is 2.03. The number of carboxylic acid groups (broad SMARTS) is 1. The Morgan fingerprint density at radius 3 is 2.76 bits per heavy atom. The van der Waals surface area contributed by atoms with Crippen molar-refractivity contribution in [2.75, 3.05) is 7.11 Å². The third-order valence-corrected chi connectivity index (χ3v) is 4.09. The number of benzene rings is 1. The first kappa shape index (κ1) is 13.7. The van der Waals surface area contributed by atoms with Gasteiger partial charge < -0.3 is 14.4 Å². The molecule has 2 aromatic rings. The lowest BCUT2D eigenvalue weighted by molar-refractivity contribution is 0.0686. The Kier molecular flexibility index (Phi) is 3.41. The second kappa shape index (κ2) is 5.24. The normalized spacial score (nSPS) is 13.8. The molecule has 0 saturated heterocycles. The molecule has 5 heteroatoms. The van der Waals surface area contributed by atoms with Crippen LogP contribution in [0.4, 0.5) is 0 Å². The zero-order valence-electron chi connectivity index (χ0n) is 12.1. The van der Waals surface area contributed by atoms with Gasteiger partial charge in [-0.3, -0.25) is 0 Å². The SMILES string of the molecule is COc1cc2c(c(C)c1-c1cc(C(=O)O)no1)CCCC2. The van der Waals surface area contributed by atoms with E-state index in [2.05, 4.69) is 5.16 Å². The molecule has 1 aliphatic rings. The Labute approximate surface area is 122 Å². The van der Waals surface area contributed by atoms with E-state index in [-0.39, 0.29) is 5.69 Å². The molecule has 1 aliphatic carbocycles. The number of carboxylic acids is 1. The Balaban J connectivity index is 2.18. The van der Waals surface area contributed by atoms with Crippen LogP contribution in [-0.4, -0.2) is 23.3 Å². The van der Waals surface area contributed by atoms with E-state index in [0.717, 1.165) is 24.0 Å². The van der Waals surface area contributed by atoms with Gasteiger partial charge in [0.25, 0.3) is 0 Å². The lowest BCUT2D eigenvalue weighted by atomic mass is 9.85. The van der Waals surface area contributed by atoms with Crippen LogP contribution < -0.4 is 4.74 Å². The molecule has 3 rings (SSSR count). The minimum atomic E-state index is -1.10. The third-order valence-electron chi connectivity index (χ3n) is 4.09. The predicted molar refractivity (Wildman–Crippen MR) is 76.8 cm³/mol. The van der Waals surface area contributed by atoms with Crippen LogP contribution in [0.15, 0.2) is 16.7 Å². The molecule has 1 N–H and O–H groups in total. The highest BCUT2D eigenvalue weighted by molar-refractivity contribution is 5.87. The number of nitrogens with zero attached hydrogens (tertiary/aromatic N) is 1. The van der Waals surface area contributed by atoms with Crippen molar-refractivity contribution in [1.29, 1.82) is 0 Å². The van der Waals surface area contributed by atoms with Gasteiger partial charge in [0, 0.05) is 6.07 Å². The van der Waals surface area contributed by atoms with Crippen molar-refractivity contribution in [3.63, 3.8) is 0 Å². The summed E-state index contributed by atoms with van der Waals surface area (Å²) in [6, 6.07) is 3.49. The first-order chi connectivity index (χ1) is 10.1. The molecule has 0 amide bonds. The van der Waals surface area contributed by atoms with E-state index in [1.165, 1.54) is 30.0 Å². The van der Waals surface area contributed by atoms with Crippen molar-refractivity contribution in [2.45, 2.75) is 32.6 Å². The summed E-state index contributed by atoms with van der Waals surface area (Å²) < 4.78 is 10.7. The van der Waals surface area contributed by atoms with Crippen molar-refractivity contribution < 1.29 is 19.2 Å². The monoisotopic (exact) mass is 287 g/mol. The molecular weight excluding hydrogens is 270 g/mol. The predicted octanol–water partition coefficient (Wildman–Crippen LogP) is 3.24. The molecule has 21 heavy (non-hydrogen) atoms. The minimum Gasteiger partial charge on any atom is -0.496 e. The smallest absolute Gasteiger partial charge is 0.358 e. The third kappa shape index (κ3) is 2.28. The number of aromatic carboxylic acids is 1. The number of hydrogen-bond acceptors (Lipinski definition) is 4. The molecule has 1 heterocycles. The Bertz CT molecular complexity index is 703. The largest absolute Gasteiger partial charge is 0.496 e. The Morgan fingerprint density at radius 1 is 1.33 bits per heavy atom. The number of aromatic nitrogens is 1. The summed E-state index contributed by atoms with van der Waals surface area (Å²) >= 11 is 0. The molecule has 0 radical (unpaired) electrons. The van der Waals surface area contributed by atoms with E-state index in [0.29, 0.717) is 11.5 Å². The minimum absolute atomic E-state index is 0.0934. The summed E-state index contributed by atoms with van der Waals surface area (Å²) in [5.74, 6) is 0.0518. The molecular formula is C16H17NO4. The number of carbonyl (C=O) groups is 1. The Morgan fingerprint density at radius 2 is 2.10 bits per heavy atom. The van der Waals surface area contributed by atoms with Crippen LogP contribution >= 0.6 is 0 Å². The van der Waals surface area contributed by atoms with Crippen LogP contribution in [0.5, 0.6) is 5.75 Å². The van der Waals surface area contributed by atoms with Gasteiger partial charge in [-0.15, -0.1) is 0 Å². The lowest BCUT2D eigenvalue weighted by Gasteiger charge is -2.21. The molecule has 0 aliphatic heterocycles. The number of rotatable bonds is 3. The fourth-order valence-electron chi connectivity index (χ4n) is 3.04. The summed E-state index contributed by atoms with van der Waals surface area (Å²) in [6.07, 6.45) is 4.47. The maximum atomic E-state index is 11.0. The van der Waals surface area contributed by atoms with Crippen LogP contribution in [-0.2, 0) is 12.8 Å². The summed E-state index contributed by atoms with van der Waals surface area (Å²) in [5.41, 5.74) is 4.45. The molecule has 0 fully saturated rings. The van der Waals surface area contributed by atoms with Crippen LogP contribution in [0.2, 0.25) is 0 Å². The number of ether oxygens (including phenoxy) is 1. The van der Waals surface area contributed by atoms with E-state index in [9.17, 15) is 4.79 Å². The average molecular weight is 287 g/mol. The second-order valence-corrected chi connectivity index (χ2v) is 5.31. The summed E-state index contributed by atoms with van der Waals surface area (Å²) in [5, 5.41) is 12.6. The van der Waals surface area contributed by atoms with Gasteiger partial charge in [-0.2, -0.15) is 0 Å².